The number of amides is 1. The molecule has 7 nitrogen and oxygen atoms in total. The summed E-state index contributed by atoms with van der Waals surface area (Å²) in [4.78, 5) is 14.9. The van der Waals surface area contributed by atoms with Crippen molar-refractivity contribution in [2.75, 3.05) is 43.1 Å². The molecule has 0 aromatic heterocycles. The second-order valence-corrected chi connectivity index (χ2v) is 8.95. The van der Waals surface area contributed by atoms with Gasteiger partial charge in [-0.05, 0) is 36.4 Å². The van der Waals surface area contributed by atoms with Crippen molar-refractivity contribution in [2.24, 2.45) is 0 Å². The molecule has 0 aliphatic carbocycles. The lowest BCUT2D eigenvalue weighted by Crippen LogP contribution is -2.36. The number of hydrogen-bond acceptors (Lipinski definition) is 5. The Morgan fingerprint density at radius 2 is 1.97 bits per heavy atom. The number of halogens is 1. The molecule has 1 aliphatic heterocycles. The molecule has 1 heterocycles. The predicted molar refractivity (Wildman–Crippen MR) is 116 cm³/mol. The summed E-state index contributed by atoms with van der Waals surface area (Å²) in [5.74, 6) is 1.81. The molecule has 0 atom stereocenters. The Morgan fingerprint density at radius 1 is 1.21 bits per heavy atom. The molecule has 0 bridgehead atoms. The van der Waals surface area contributed by atoms with Crippen LogP contribution in [0.25, 0.3) is 0 Å². The quantitative estimate of drug-likeness (QED) is 0.623. The van der Waals surface area contributed by atoms with Gasteiger partial charge in [-0.25, -0.2) is 8.42 Å². The number of sulfonamides is 1. The summed E-state index contributed by atoms with van der Waals surface area (Å²) in [6, 6.07) is 11.5. The minimum Gasteiger partial charge on any atom is -0.378 e. The Kier molecular flexibility index (Phi) is 6.92. The van der Waals surface area contributed by atoms with Crippen molar-refractivity contribution in [2.45, 2.75) is 4.90 Å². The van der Waals surface area contributed by atoms with Gasteiger partial charge in [-0.2, -0.15) is 4.72 Å². The highest BCUT2D eigenvalue weighted by molar-refractivity contribution is 9.10. The van der Waals surface area contributed by atoms with E-state index in [-0.39, 0.29) is 17.0 Å². The van der Waals surface area contributed by atoms with E-state index in [1.807, 2.05) is 18.2 Å². The van der Waals surface area contributed by atoms with Crippen LogP contribution >= 0.6 is 15.9 Å². The zero-order valence-electron chi connectivity index (χ0n) is 15.5. The smallest absolute Gasteiger partial charge is 0.255 e. The molecule has 0 spiro atoms. The summed E-state index contributed by atoms with van der Waals surface area (Å²) in [6.45, 7) is 2.56. The summed E-state index contributed by atoms with van der Waals surface area (Å²) in [5, 5.41) is 2.89. The Balaban J connectivity index is 1.85. The lowest BCUT2D eigenvalue weighted by molar-refractivity contribution is 0.102. The van der Waals surface area contributed by atoms with Gasteiger partial charge < -0.3 is 15.0 Å². The lowest BCUT2D eigenvalue weighted by atomic mass is 10.2. The van der Waals surface area contributed by atoms with Gasteiger partial charge in [0.1, 0.15) is 0 Å². The molecule has 0 radical (unpaired) electrons. The molecule has 1 aliphatic rings. The molecule has 2 N–H and O–H groups in total. The van der Waals surface area contributed by atoms with E-state index in [2.05, 4.69) is 36.8 Å². The van der Waals surface area contributed by atoms with Gasteiger partial charge in [-0.15, -0.1) is 6.42 Å². The predicted octanol–water partition coefficient (Wildman–Crippen LogP) is 2.45. The number of carbonyl (C=O) groups is 1. The third-order valence-corrected chi connectivity index (χ3v) is 6.22. The van der Waals surface area contributed by atoms with Crippen LogP contribution in [-0.2, 0) is 14.8 Å². The molecule has 0 unspecified atom stereocenters. The third kappa shape index (κ3) is 5.36. The second kappa shape index (κ2) is 9.41. The van der Waals surface area contributed by atoms with Crippen LogP contribution in [-0.4, -0.2) is 47.2 Å². The van der Waals surface area contributed by atoms with E-state index >= 15 is 0 Å². The van der Waals surface area contributed by atoms with Gasteiger partial charge >= 0.3 is 0 Å². The number of terminal acetylenes is 1. The van der Waals surface area contributed by atoms with Crippen LogP contribution in [0.4, 0.5) is 11.4 Å². The number of ether oxygens (including phenoxy) is 1. The number of carbonyl (C=O) groups excluding carboxylic acids is 1. The van der Waals surface area contributed by atoms with Crippen LogP contribution in [0.3, 0.4) is 0 Å². The number of rotatable bonds is 6. The highest BCUT2D eigenvalue weighted by atomic mass is 79.9. The fourth-order valence-corrected chi connectivity index (χ4v) is 4.25. The van der Waals surface area contributed by atoms with Gasteiger partial charge in [0.25, 0.3) is 5.91 Å². The summed E-state index contributed by atoms with van der Waals surface area (Å²) in [6.07, 6.45) is 5.11. The van der Waals surface area contributed by atoms with E-state index in [1.165, 1.54) is 18.2 Å². The Hall–Kier alpha value is -2.38. The number of morpholine rings is 1. The van der Waals surface area contributed by atoms with Crippen LogP contribution in [0.1, 0.15) is 10.4 Å². The van der Waals surface area contributed by atoms with Crippen molar-refractivity contribution in [1.29, 1.82) is 0 Å². The number of hydrogen-bond donors (Lipinski definition) is 2. The van der Waals surface area contributed by atoms with Crippen LogP contribution in [0, 0.1) is 12.3 Å². The molecular weight excluding hydrogens is 458 g/mol. The Labute approximate surface area is 178 Å². The number of nitrogens with zero attached hydrogens (tertiary/aromatic N) is 1. The third-order valence-electron chi connectivity index (χ3n) is 4.33. The molecule has 9 heteroatoms. The van der Waals surface area contributed by atoms with Crippen molar-refractivity contribution in [3.63, 3.8) is 0 Å². The van der Waals surface area contributed by atoms with Gasteiger partial charge in [0.2, 0.25) is 10.0 Å². The number of benzene rings is 2. The molecule has 3 rings (SSSR count). The van der Waals surface area contributed by atoms with E-state index in [9.17, 15) is 13.2 Å². The van der Waals surface area contributed by atoms with Crippen molar-refractivity contribution in [3.8, 4) is 12.3 Å². The maximum atomic E-state index is 12.8. The molecule has 2 aromatic rings. The molecule has 1 amide bonds. The summed E-state index contributed by atoms with van der Waals surface area (Å²) >= 11 is 3.43. The molecular formula is C20H20BrN3O4S. The first-order valence-electron chi connectivity index (χ1n) is 8.87. The maximum absolute atomic E-state index is 12.8. The summed E-state index contributed by atoms with van der Waals surface area (Å²) in [7, 11) is -3.79. The number of anilines is 2. The first-order chi connectivity index (χ1) is 13.9. The Morgan fingerprint density at radius 3 is 2.69 bits per heavy atom. The van der Waals surface area contributed by atoms with Gasteiger partial charge in [0, 0.05) is 23.1 Å². The average Bonchev–Trinajstić information content (AvgIpc) is 2.73. The highest BCUT2D eigenvalue weighted by Gasteiger charge is 2.19. The zero-order valence-corrected chi connectivity index (χ0v) is 17.9. The number of nitrogens with one attached hydrogen (secondary N) is 2. The van der Waals surface area contributed by atoms with Gasteiger partial charge in [0.15, 0.2) is 0 Å². The zero-order chi connectivity index (χ0) is 20.9. The topological polar surface area (TPSA) is 87.7 Å². The second-order valence-electron chi connectivity index (χ2n) is 6.27. The Bertz CT molecular complexity index is 1040. The minimum atomic E-state index is -3.79. The van der Waals surface area contributed by atoms with E-state index in [0.717, 1.165) is 23.2 Å². The highest BCUT2D eigenvalue weighted by Crippen LogP contribution is 2.30. The SMILES string of the molecule is C#CCNS(=O)(=O)c1cccc(C(=O)Nc2cc(Br)ccc2N2CCOCC2)c1. The van der Waals surface area contributed by atoms with Gasteiger partial charge in [-0.1, -0.05) is 27.9 Å². The van der Waals surface area contributed by atoms with E-state index < -0.39 is 15.9 Å². The summed E-state index contributed by atoms with van der Waals surface area (Å²) < 4.78 is 33.0. The van der Waals surface area contributed by atoms with Crippen molar-refractivity contribution in [1.82, 2.24) is 4.72 Å². The van der Waals surface area contributed by atoms with Crippen molar-refractivity contribution in [3.05, 3.63) is 52.5 Å². The first-order valence-corrected chi connectivity index (χ1v) is 11.1. The fourth-order valence-electron chi connectivity index (χ4n) is 2.91. The standard InChI is InChI=1S/C20H20BrN3O4S/c1-2-8-22-29(26,27)17-5-3-4-15(13-17)20(25)23-18-14-16(21)6-7-19(18)24-9-11-28-12-10-24/h1,3-7,13-14,22H,8-12H2,(H,23,25). The van der Waals surface area contributed by atoms with Gasteiger partial charge in [0.05, 0.1) is 36.0 Å². The van der Waals surface area contributed by atoms with Gasteiger partial charge in [-0.3, -0.25) is 4.79 Å². The van der Waals surface area contributed by atoms with Crippen LogP contribution in [0.15, 0.2) is 51.8 Å². The molecule has 2 aromatic carbocycles. The molecule has 0 saturated carbocycles. The molecule has 152 valence electrons. The normalized spacial score (nSPS) is 14.3. The fraction of sp³-hybridized carbons (Fsp3) is 0.250. The molecule has 1 fully saturated rings. The summed E-state index contributed by atoms with van der Waals surface area (Å²) in [5.41, 5.74) is 1.73. The van der Waals surface area contributed by atoms with E-state index in [1.54, 1.807) is 6.07 Å². The minimum absolute atomic E-state index is 0.0250. The van der Waals surface area contributed by atoms with E-state index in [4.69, 9.17) is 11.2 Å². The maximum Gasteiger partial charge on any atom is 0.255 e. The average molecular weight is 478 g/mol. The van der Waals surface area contributed by atoms with Crippen molar-refractivity contribution >= 4 is 43.2 Å². The first kappa shape index (κ1) is 21.3. The molecule has 29 heavy (non-hydrogen) atoms. The monoisotopic (exact) mass is 477 g/mol. The van der Waals surface area contributed by atoms with Crippen LogP contribution in [0.5, 0.6) is 0 Å². The largest absolute Gasteiger partial charge is 0.378 e. The molecule has 1 saturated heterocycles. The van der Waals surface area contributed by atoms with Crippen molar-refractivity contribution < 1.29 is 17.9 Å². The van der Waals surface area contributed by atoms with E-state index in [0.29, 0.717) is 18.9 Å². The lowest BCUT2D eigenvalue weighted by Gasteiger charge is -2.30. The van der Waals surface area contributed by atoms with Crippen LogP contribution in [0.2, 0.25) is 0 Å². The van der Waals surface area contributed by atoms with Crippen LogP contribution < -0.4 is 14.9 Å².